The minimum absolute atomic E-state index is 0.164. The molecule has 1 fully saturated rings. The third kappa shape index (κ3) is 4.64. The Balaban J connectivity index is 1.58. The van der Waals surface area contributed by atoms with Gasteiger partial charge < -0.3 is 10.1 Å². The van der Waals surface area contributed by atoms with E-state index >= 15 is 0 Å². The minimum Gasteiger partial charge on any atom is -0.450 e. The molecule has 2 aromatic rings. The molecule has 1 aliphatic rings. The summed E-state index contributed by atoms with van der Waals surface area (Å²) in [5.74, 6) is 0. The van der Waals surface area contributed by atoms with Crippen molar-refractivity contribution in [1.82, 2.24) is 20.0 Å². The number of carbonyl (C=O) groups excluding carboxylic acids is 1. The van der Waals surface area contributed by atoms with Gasteiger partial charge in [0.25, 0.3) is 0 Å². The Morgan fingerprint density at radius 2 is 2.08 bits per heavy atom. The fourth-order valence-corrected chi connectivity index (χ4v) is 3.55. The number of carbonyl (C=O) groups is 1. The molecule has 1 unspecified atom stereocenters. The number of hydrogen-bond acceptors (Lipinski definition) is 4. The first-order valence-electron chi connectivity index (χ1n) is 9.33. The Labute approximate surface area is 155 Å². The number of ether oxygens (including phenoxy) is 1. The van der Waals surface area contributed by atoms with Crippen molar-refractivity contribution < 1.29 is 9.53 Å². The van der Waals surface area contributed by atoms with Crippen molar-refractivity contribution in [2.75, 3.05) is 19.7 Å². The molecule has 2 heterocycles. The number of benzene rings is 1. The molecular formula is C20H28N4O2. The third-order valence-corrected chi connectivity index (χ3v) is 4.70. The SMILES string of the molecule is CCOC(=O)NC1CCCN(Cc2ccc(-n3nc(C)cc3C)cc2)C1. The Hall–Kier alpha value is -2.34. The van der Waals surface area contributed by atoms with E-state index in [4.69, 9.17) is 4.74 Å². The number of likely N-dealkylation sites (tertiary alicyclic amines) is 1. The van der Waals surface area contributed by atoms with Crippen LogP contribution < -0.4 is 5.32 Å². The normalized spacial score (nSPS) is 17.9. The first-order chi connectivity index (χ1) is 12.5. The lowest BCUT2D eigenvalue weighted by atomic mass is 10.0. The summed E-state index contributed by atoms with van der Waals surface area (Å²) in [4.78, 5) is 14.0. The predicted octanol–water partition coefficient (Wildman–Crippen LogP) is 3.20. The van der Waals surface area contributed by atoms with E-state index in [1.165, 1.54) is 5.56 Å². The number of nitrogens with one attached hydrogen (secondary N) is 1. The fourth-order valence-electron chi connectivity index (χ4n) is 3.55. The van der Waals surface area contributed by atoms with Crippen LogP contribution in [0.15, 0.2) is 30.3 Å². The summed E-state index contributed by atoms with van der Waals surface area (Å²) in [6, 6.07) is 10.8. The van der Waals surface area contributed by atoms with Crippen LogP contribution in [0.2, 0.25) is 0 Å². The van der Waals surface area contributed by atoms with Crippen LogP contribution in [0.3, 0.4) is 0 Å². The van der Waals surface area contributed by atoms with E-state index in [0.717, 1.165) is 49.6 Å². The van der Waals surface area contributed by atoms with Gasteiger partial charge in [-0.15, -0.1) is 0 Å². The van der Waals surface area contributed by atoms with Crippen molar-refractivity contribution in [3.05, 3.63) is 47.3 Å². The monoisotopic (exact) mass is 356 g/mol. The Morgan fingerprint density at radius 3 is 2.73 bits per heavy atom. The van der Waals surface area contributed by atoms with Gasteiger partial charge in [0.05, 0.1) is 18.0 Å². The zero-order valence-electron chi connectivity index (χ0n) is 15.9. The summed E-state index contributed by atoms with van der Waals surface area (Å²) in [6.45, 7) is 9.11. The van der Waals surface area contributed by atoms with Crippen LogP contribution in [-0.4, -0.2) is 46.5 Å². The fraction of sp³-hybridized carbons (Fsp3) is 0.500. The summed E-state index contributed by atoms with van der Waals surface area (Å²) in [5, 5.41) is 7.49. The van der Waals surface area contributed by atoms with E-state index in [9.17, 15) is 4.79 Å². The molecule has 1 amide bonds. The molecule has 1 aliphatic heterocycles. The molecule has 0 saturated carbocycles. The van der Waals surface area contributed by atoms with E-state index < -0.39 is 0 Å². The second-order valence-electron chi connectivity index (χ2n) is 6.94. The van der Waals surface area contributed by atoms with Gasteiger partial charge in [-0.05, 0) is 63.9 Å². The maximum atomic E-state index is 11.6. The van der Waals surface area contributed by atoms with Crippen LogP contribution in [-0.2, 0) is 11.3 Å². The average Bonchev–Trinajstić information content (AvgIpc) is 2.94. The van der Waals surface area contributed by atoms with Crippen LogP contribution >= 0.6 is 0 Å². The highest BCUT2D eigenvalue weighted by molar-refractivity contribution is 5.67. The highest BCUT2D eigenvalue weighted by Crippen LogP contribution is 2.17. The highest BCUT2D eigenvalue weighted by atomic mass is 16.5. The van der Waals surface area contributed by atoms with Gasteiger partial charge in [0, 0.05) is 24.8 Å². The number of amides is 1. The molecular weight excluding hydrogens is 328 g/mol. The quantitative estimate of drug-likeness (QED) is 0.894. The molecule has 6 heteroatoms. The van der Waals surface area contributed by atoms with E-state index in [2.05, 4.69) is 52.6 Å². The molecule has 1 atom stereocenters. The topological polar surface area (TPSA) is 59.4 Å². The first-order valence-corrected chi connectivity index (χ1v) is 9.33. The van der Waals surface area contributed by atoms with E-state index in [0.29, 0.717) is 6.61 Å². The molecule has 1 saturated heterocycles. The van der Waals surface area contributed by atoms with Crippen LogP contribution in [0, 0.1) is 13.8 Å². The second-order valence-corrected chi connectivity index (χ2v) is 6.94. The van der Waals surface area contributed by atoms with Crippen LogP contribution in [0.25, 0.3) is 5.69 Å². The van der Waals surface area contributed by atoms with Gasteiger partial charge >= 0.3 is 6.09 Å². The Kier molecular flexibility index (Phi) is 5.93. The number of alkyl carbamates (subject to hydrolysis) is 1. The zero-order valence-corrected chi connectivity index (χ0v) is 15.9. The number of nitrogens with zero attached hydrogens (tertiary/aromatic N) is 3. The smallest absolute Gasteiger partial charge is 0.407 e. The van der Waals surface area contributed by atoms with Crippen LogP contribution in [0.5, 0.6) is 0 Å². The Bertz CT molecular complexity index is 739. The molecule has 0 bridgehead atoms. The number of aromatic nitrogens is 2. The van der Waals surface area contributed by atoms with Gasteiger partial charge in [-0.2, -0.15) is 5.10 Å². The maximum Gasteiger partial charge on any atom is 0.407 e. The lowest BCUT2D eigenvalue weighted by molar-refractivity contribution is 0.132. The zero-order chi connectivity index (χ0) is 18.5. The highest BCUT2D eigenvalue weighted by Gasteiger charge is 2.21. The van der Waals surface area contributed by atoms with Gasteiger partial charge in [0.2, 0.25) is 0 Å². The second kappa shape index (κ2) is 8.36. The third-order valence-electron chi connectivity index (χ3n) is 4.70. The molecule has 0 radical (unpaired) electrons. The lowest BCUT2D eigenvalue weighted by Gasteiger charge is -2.32. The molecule has 6 nitrogen and oxygen atoms in total. The van der Waals surface area contributed by atoms with Crippen molar-refractivity contribution in [1.29, 1.82) is 0 Å². The summed E-state index contributed by atoms with van der Waals surface area (Å²) in [5.41, 5.74) is 4.52. The van der Waals surface area contributed by atoms with Gasteiger partial charge in [-0.3, -0.25) is 4.90 Å². The standard InChI is InChI=1S/C20H28N4O2/c1-4-26-20(25)21-18-6-5-11-23(14-18)13-17-7-9-19(10-8-17)24-16(3)12-15(2)22-24/h7-10,12,18H,4-6,11,13-14H2,1-3H3,(H,21,25). The maximum absolute atomic E-state index is 11.6. The largest absolute Gasteiger partial charge is 0.450 e. The number of aryl methyl sites for hydroxylation is 2. The summed E-state index contributed by atoms with van der Waals surface area (Å²) in [7, 11) is 0. The Morgan fingerprint density at radius 1 is 1.31 bits per heavy atom. The first kappa shape index (κ1) is 18.5. The van der Waals surface area contributed by atoms with E-state index in [1.54, 1.807) is 0 Å². The number of rotatable bonds is 5. The lowest BCUT2D eigenvalue weighted by Crippen LogP contribution is -2.47. The predicted molar refractivity (Wildman–Crippen MR) is 101 cm³/mol. The van der Waals surface area contributed by atoms with Gasteiger partial charge in [-0.25, -0.2) is 9.48 Å². The van der Waals surface area contributed by atoms with Gasteiger partial charge in [0.1, 0.15) is 0 Å². The van der Waals surface area contributed by atoms with E-state index in [-0.39, 0.29) is 12.1 Å². The van der Waals surface area contributed by atoms with Crippen LogP contribution in [0.1, 0.15) is 36.7 Å². The van der Waals surface area contributed by atoms with Crippen LogP contribution in [0.4, 0.5) is 4.79 Å². The van der Waals surface area contributed by atoms with Crippen molar-refractivity contribution in [2.24, 2.45) is 0 Å². The number of hydrogen-bond donors (Lipinski definition) is 1. The van der Waals surface area contributed by atoms with Crippen molar-refractivity contribution in [2.45, 2.75) is 46.2 Å². The summed E-state index contributed by atoms with van der Waals surface area (Å²) in [6.07, 6.45) is 1.78. The minimum atomic E-state index is -0.311. The summed E-state index contributed by atoms with van der Waals surface area (Å²) >= 11 is 0. The summed E-state index contributed by atoms with van der Waals surface area (Å²) < 4.78 is 6.96. The molecule has 1 aromatic heterocycles. The molecule has 140 valence electrons. The van der Waals surface area contributed by atoms with Gasteiger partial charge in [-0.1, -0.05) is 12.1 Å². The number of piperidine rings is 1. The molecule has 1 N–H and O–H groups in total. The average molecular weight is 356 g/mol. The van der Waals surface area contributed by atoms with E-state index in [1.807, 2.05) is 18.5 Å². The molecule has 26 heavy (non-hydrogen) atoms. The molecule has 3 rings (SSSR count). The molecule has 1 aromatic carbocycles. The van der Waals surface area contributed by atoms with Crippen molar-refractivity contribution in [3.63, 3.8) is 0 Å². The molecule has 0 spiro atoms. The molecule has 0 aliphatic carbocycles. The van der Waals surface area contributed by atoms with Crippen molar-refractivity contribution >= 4 is 6.09 Å². The van der Waals surface area contributed by atoms with Gasteiger partial charge in [0.15, 0.2) is 0 Å². The van der Waals surface area contributed by atoms with Crippen molar-refractivity contribution in [3.8, 4) is 5.69 Å².